The Morgan fingerprint density at radius 2 is 1.86 bits per heavy atom. The molecule has 2 aromatic rings. The summed E-state index contributed by atoms with van der Waals surface area (Å²) >= 11 is 0. The van der Waals surface area contributed by atoms with Crippen molar-refractivity contribution in [1.82, 2.24) is 4.98 Å². The van der Waals surface area contributed by atoms with E-state index in [1.807, 2.05) is 30.3 Å². The summed E-state index contributed by atoms with van der Waals surface area (Å²) in [6.07, 6.45) is -2.81. The maximum atomic E-state index is 12.6. The molecule has 1 atom stereocenters. The van der Waals surface area contributed by atoms with E-state index in [0.717, 1.165) is 23.9 Å². The van der Waals surface area contributed by atoms with Crippen molar-refractivity contribution in [2.75, 3.05) is 11.9 Å². The predicted octanol–water partition coefficient (Wildman–Crippen LogP) is 3.12. The number of aliphatic hydroxyl groups excluding tert-OH is 1. The molecule has 0 saturated heterocycles. The standard InChI is InChI=1S/C15H15F3N2O/c16-15(17,18)12-6-7-19-14(9-12)20-13(10-21)8-11-4-2-1-3-5-11/h1-7,9,13,21H,8,10H2,(H,19,20). The molecule has 2 rings (SSSR count). The van der Waals surface area contributed by atoms with Gasteiger partial charge in [0.2, 0.25) is 0 Å². The second kappa shape index (κ2) is 6.58. The summed E-state index contributed by atoms with van der Waals surface area (Å²) in [6, 6.07) is 10.8. The van der Waals surface area contributed by atoms with Crippen LogP contribution in [0.25, 0.3) is 0 Å². The van der Waals surface area contributed by atoms with E-state index >= 15 is 0 Å². The molecule has 112 valence electrons. The molecule has 0 fully saturated rings. The fraction of sp³-hybridized carbons (Fsp3) is 0.267. The molecule has 2 N–H and O–H groups in total. The molecule has 0 aliphatic rings. The Bertz CT molecular complexity index is 573. The number of alkyl halides is 3. The Morgan fingerprint density at radius 1 is 1.14 bits per heavy atom. The highest BCUT2D eigenvalue weighted by Crippen LogP contribution is 2.30. The largest absolute Gasteiger partial charge is 0.416 e. The quantitative estimate of drug-likeness (QED) is 0.891. The minimum atomic E-state index is -4.41. The number of pyridine rings is 1. The Hall–Kier alpha value is -2.08. The molecule has 1 unspecified atom stereocenters. The molecule has 1 aromatic carbocycles. The third-order valence-corrected chi connectivity index (χ3v) is 2.98. The lowest BCUT2D eigenvalue weighted by atomic mass is 10.1. The van der Waals surface area contributed by atoms with Gasteiger partial charge in [0, 0.05) is 6.20 Å². The van der Waals surface area contributed by atoms with Gasteiger partial charge in [-0.3, -0.25) is 0 Å². The zero-order valence-corrected chi connectivity index (χ0v) is 11.1. The topological polar surface area (TPSA) is 45.1 Å². The lowest BCUT2D eigenvalue weighted by molar-refractivity contribution is -0.137. The van der Waals surface area contributed by atoms with Gasteiger partial charge in [-0.05, 0) is 24.1 Å². The molecule has 0 radical (unpaired) electrons. The van der Waals surface area contributed by atoms with E-state index < -0.39 is 17.8 Å². The number of aromatic nitrogens is 1. The molecule has 3 nitrogen and oxygen atoms in total. The van der Waals surface area contributed by atoms with Crippen LogP contribution in [-0.2, 0) is 12.6 Å². The van der Waals surface area contributed by atoms with E-state index in [1.54, 1.807) is 0 Å². The smallest absolute Gasteiger partial charge is 0.394 e. The molecule has 0 aliphatic carbocycles. The number of hydrogen-bond donors (Lipinski definition) is 2. The third-order valence-electron chi connectivity index (χ3n) is 2.98. The fourth-order valence-corrected chi connectivity index (χ4v) is 1.95. The molecule has 0 bridgehead atoms. The number of rotatable bonds is 5. The summed E-state index contributed by atoms with van der Waals surface area (Å²) < 4.78 is 37.9. The average Bonchev–Trinajstić information content (AvgIpc) is 2.47. The summed E-state index contributed by atoms with van der Waals surface area (Å²) in [5.74, 6) is 0.0970. The van der Waals surface area contributed by atoms with Crippen molar-refractivity contribution in [1.29, 1.82) is 0 Å². The third kappa shape index (κ3) is 4.46. The highest BCUT2D eigenvalue weighted by Gasteiger charge is 2.30. The summed E-state index contributed by atoms with van der Waals surface area (Å²) in [7, 11) is 0. The number of benzene rings is 1. The molecular weight excluding hydrogens is 281 g/mol. The van der Waals surface area contributed by atoms with Crippen molar-refractivity contribution in [2.45, 2.75) is 18.6 Å². The molecule has 0 spiro atoms. The Balaban J connectivity index is 2.08. The molecule has 21 heavy (non-hydrogen) atoms. The van der Waals surface area contributed by atoms with Crippen LogP contribution in [-0.4, -0.2) is 22.7 Å². The Morgan fingerprint density at radius 3 is 2.48 bits per heavy atom. The van der Waals surface area contributed by atoms with Crippen molar-refractivity contribution in [3.8, 4) is 0 Å². The second-order valence-electron chi connectivity index (χ2n) is 4.64. The van der Waals surface area contributed by atoms with Gasteiger partial charge in [0.1, 0.15) is 5.82 Å². The van der Waals surface area contributed by atoms with Crippen LogP contribution in [0.5, 0.6) is 0 Å². The van der Waals surface area contributed by atoms with Crippen molar-refractivity contribution in [3.05, 3.63) is 59.8 Å². The SMILES string of the molecule is OCC(Cc1ccccc1)Nc1cc(C(F)(F)F)ccn1. The van der Waals surface area contributed by atoms with Crippen molar-refractivity contribution >= 4 is 5.82 Å². The van der Waals surface area contributed by atoms with Crippen LogP contribution in [0.4, 0.5) is 19.0 Å². The van der Waals surface area contributed by atoms with Gasteiger partial charge in [0.25, 0.3) is 0 Å². The van der Waals surface area contributed by atoms with Crippen LogP contribution >= 0.6 is 0 Å². The summed E-state index contributed by atoms with van der Waals surface area (Å²) in [5.41, 5.74) is 0.215. The van der Waals surface area contributed by atoms with Crippen LogP contribution in [0.15, 0.2) is 48.7 Å². The monoisotopic (exact) mass is 296 g/mol. The minimum Gasteiger partial charge on any atom is -0.394 e. The van der Waals surface area contributed by atoms with E-state index in [4.69, 9.17) is 0 Å². The van der Waals surface area contributed by atoms with Crippen LogP contribution in [0, 0.1) is 0 Å². The summed E-state index contributed by atoms with van der Waals surface area (Å²) in [4.78, 5) is 3.86. The predicted molar refractivity (Wildman–Crippen MR) is 73.9 cm³/mol. The van der Waals surface area contributed by atoms with Gasteiger partial charge in [0.05, 0.1) is 18.2 Å². The number of aliphatic hydroxyl groups is 1. The summed E-state index contributed by atoms with van der Waals surface area (Å²) in [6.45, 7) is -0.202. The first kappa shape index (κ1) is 15.3. The molecule has 6 heteroatoms. The maximum absolute atomic E-state index is 12.6. The first-order valence-corrected chi connectivity index (χ1v) is 6.43. The van der Waals surface area contributed by atoms with Crippen LogP contribution in [0.1, 0.15) is 11.1 Å². The van der Waals surface area contributed by atoms with Crippen LogP contribution < -0.4 is 5.32 Å². The van der Waals surface area contributed by atoms with Gasteiger partial charge in [-0.1, -0.05) is 30.3 Å². The van der Waals surface area contributed by atoms with Crippen LogP contribution in [0.2, 0.25) is 0 Å². The lowest BCUT2D eigenvalue weighted by Gasteiger charge is -2.18. The molecular formula is C15H15F3N2O. The van der Waals surface area contributed by atoms with E-state index in [0.29, 0.717) is 6.42 Å². The van der Waals surface area contributed by atoms with Crippen molar-refractivity contribution in [3.63, 3.8) is 0 Å². The number of hydrogen-bond acceptors (Lipinski definition) is 3. The Labute approximate surface area is 120 Å². The van der Waals surface area contributed by atoms with Gasteiger partial charge in [0.15, 0.2) is 0 Å². The van der Waals surface area contributed by atoms with E-state index in [-0.39, 0.29) is 12.4 Å². The van der Waals surface area contributed by atoms with Gasteiger partial charge in [-0.15, -0.1) is 0 Å². The molecule has 0 aliphatic heterocycles. The number of nitrogens with zero attached hydrogens (tertiary/aromatic N) is 1. The maximum Gasteiger partial charge on any atom is 0.416 e. The van der Waals surface area contributed by atoms with E-state index in [2.05, 4.69) is 10.3 Å². The highest BCUT2D eigenvalue weighted by molar-refractivity contribution is 5.40. The minimum absolute atomic E-state index is 0.0970. The normalized spacial score (nSPS) is 13.0. The summed E-state index contributed by atoms with van der Waals surface area (Å²) in [5, 5.41) is 12.2. The lowest BCUT2D eigenvalue weighted by Crippen LogP contribution is -2.27. The van der Waals surface area contributed by atoms with Crippen LogP contribution in [0.3, 0.4) is 0 Å². The highest BCUT2D eigenvalue weighted by atomic mass is 19.4. The number of halogens is 3. The number of nitrogens with one attached hydrogen (secondary N) is 1. The van der Waals surface area contributed by atoms with E-state index in [9.17, 15) is 18.3 Å². The molecule has 1 aromatic heterocycles. The zero-order valence-electron chi connectivity index (χ0n) is 11.1. The number of anilines is 1. The molecule has 0 saturated carbocycles. The average molecular weight is 296 g/mol. The van der Waals surface area contributed by atoms with Crippen molar-refractivity contribution in [2.24, 2.45) is 0 Å². The van der Waals surface area contributed by atoms with Gasteiger partial charge in [-0.2, -0.15) is 13.2 Å². The first-order chi connectivity index (χ1) is 9.99. The Kier molecular flexibility index (Phi) is 4.80. The fourth-order valence-electron chi connectivity index (χ4n) is 1.95. The van der Waals surface area contributed by atoms with E-state index in [1.165, 1.54) is 0 Å². The molecule has 1 heterocycles. The second-order valence-corrected chi connectivity index (χ2v) is 4.64. The van der Waals surface area contributed by atoms with Crippen molar-refractivity contribution < 1.29 is 18.3 Å². The van der Waals surface area contributed by atoms with Gasteiger partial charge >= 0.3 is 6.18 Å². The van der Waals surface area contributed by atoms with Gasteiger partial charge in [-0.25, -0.2) is 4.98 Å². The first-order valence-electron chi connectivity index (χ1n) is 6.43. The molecule has 0 amide bonds. The van der Waals surface area contributed by atoms with Gasteiger partial charge < -0.3 is 10.4 Å². The zero-order chi connectivity index (χ0) is 15.3.